The average Bonchev–Trinajstić information content (AvgIpc) is 3.35. The van der Waals surface area contributed by atoms with E-state index in [1.807, 2.05) is 19.1 Å². The highest BCUT2D eigenvalue weighted by Gasteiger charge is 2.21. The summed E-state index contributed by atoms with van der Waals surface area (Å²) in [6.07, 6.45) is 1.69. The quantitative estimate of drug-likeness (QED) is 0.624. The summed E-state index contributed by atoms with van der Waals surface area (Å²) in [4.78, 5) is 17.1. The molecule has 1 amide bonds. The third kappa shape index (κ3) is 4.64. The number of hydrogen-bond acceptors (Lipinski definition) is 6. The van der Waals surface area contributed by atoms with Crippen LogP contribution >= 0.6 is 11.3 Å². The van der Waals surface area contributed by atoms with Gasteiger partial charge < -0.3 is 10.1 Å². The van der Waals surface area contributed by atoms with Gasteiger partial charge >= 0.3 is 0 Å². The molecule has 1 aromatic heterocycles. The molecular formula is C20H21N3O4S2. The topological polar surface area (TPSA) is 97.4 Å². The number of rotatable bonds is 6. The van der Waals surface area contributed by atoms with Gasteiger partial charge in [0.05, 0.1) is 26.2 Å². The molecule has 0 bridgehead atoms. The van der Waals surface area contributed by atoms with E-state index in [4.69, 9.17) is 4.74 Å². The predicted octanol–water partition coefficient (Wildman–Crippen LogP) is 3.31. The Bertz CT molecular complexity index is 1150. The number of anilines is 1. The minimum absolute atomic E-state index is 0.0525. The van der Waals surface area contributed by atoms with Crippen LogP contribution in [0.25, 0.3) is 10.2 Å². The van der Waals surface area contributed by atoms with Crippen LogP contribution in [-0.2, 0) is 14.8 Å². The first-order valence-electron chi connectivity index (χ1n) is 9.30. The highest BCUT2D eigenvalue weighted by Crippen LogP contribution is 2.25. The predicted molar refractivity (Wildman–Crippen MR) is 113 cm³/mol. The van der Waals surface area contributed by atoms with Crippen LogP contribution in [0.4, 0.5) is 5.69 Å². The summed E-state index contributed by atoms with van der Waals surface area (Å²) >= 11 is 1.55. The van der Waals surface area contributed by atoms with Crippen molar-refractivity contribution in [2.75, 3.05) is 18.5 Å². The smallest absolute Gasteiger partial charge is 0.255 e. The molecular weight excluding hydrogens is 410 g/mol. The molecule has 2 heterocycles. The molecule has 152 valence electrons. The molecule has 1 saturated heterocycles. The summed E-state index contributed by atoms with van der Waals surface area (Å²) in [5, 5.41) is 3.78. The molecule has 2 N–H and O–H groups in total. The van der Waals surface area contributed by atoms with Gasteiger partial charge in [-0.25, -0.2) is 18.1 Å². The van der Waals surface area contributed by atoms with Gasteiger partial charge in [-0.2, -0.15) is 0 Å². The van der Waals surface area contributed by atoms with Crippen LogP contribution in [0.5, 0.6) is 0 Å². The normalized spacial score (nSPS) is 16.9. The number of fused-ring (bicyclic) bond motifs is 1. The maximum atomic E-state index is 12.6. The van der Waals surface area contributed by atoms with E-state index in [1.165, 1.54) is 12.1 Å². The highest BCUT2D eigenvalue weighted by molar-refractivity contribution is 7.89. The molecule has 0 spiro atoms. The third-order valence-electron chi connectivity index (χ3n) is 4.68. The Balaban J connectivity index is 1.48. The van der Waals surface area contributed by atoms with Crippen molar-refractivity contribution in [3.63, 3.8) is 0 Å². The number of benzene rings is 2. The highest BCUT2D eigenvalue weighted by atomic mass is 32.2. The number of nitrogens with zero attached hydrogens (tertiary/aromatic N) is 1. The summed E-state index contributed by atoms with van der Waals surface area (Å²) in [7, 11) is -3.72. The third-order valence-corrected chi connectivity index (χ3v) is 7.04. The molecule has 3 aromatic rings. The minimum atomic E-state index is -3.72. The van der Waals surface area contributed by atoms with Crippen molar-refractivity contribution in [1.29, 1.82) is 0 Å². The molecule has 4 rings (SSSR count). The van der Waals surface area contributed by atoms with Gasteiger partial charge in [-0.3, -0.25) is 4.79 Å². The lowest BCUT2D eigenvalue weighted by molar-refractivity contribution is 0.102. The van der Waals surface area contributed by atoms with Crippen LogP contribution in [0.3, 0.4) is 0 Å². The Morgan fingerprint density at radius 3 is 2.93 bits per heavy atom. The molecule has 9 heteroatoms. The summed E-state index contributed by atoms with van der Waals surface area (Å²) < 4.78 is 34.1. The van der Waals surface area contributed by atoms with Crippen molar-refractivity contribution in [3.05, 3.63) is 53.0 Å². The Morgan fingerprint density at radius 1 is 1.28 bits per heavy atom. The van der Waals surface area contributed by atoms with E-state index in [1.54, 1.807) is 29.5 Å². The number of ether oxygens (including phenoxy) is 1. The van der Waals surface area contributed by atoms with E-state index in [0.717, 1.165) is 28.1 Å². The summed E-state index contributed by atoms with van der Waals surface area (Å²) in [5.41, 5.74) is 1.79. The van der Waals surface area contributed by atoms with E-state index in [-0.39, 0.29) is 29.0 Å². The summed E-state index contributed by atoms with van der Waals surface area (Å²) in [6.45, 7) is 2.82. The van der Waals surface area contributed by atoms with Crippen LogP contribution in [-0.4, -0.2) is 38.6 Å². The maximum absolute atomic E-state index is 12.6. The Morgan fingerprint density at radius 2 is 2.14 bits per heavy atom. The van der Waals surface area contributed by atoms with Gasteiger partial charge in [-0.1, -0.05) is 6.07 Å². The molecule has 1 atom stereocenters. The Hall–Kier alpha value is -2.33. The summed E-state index contributed by atoms with van der Waals surface area (Å²) in [6, 6.07) is 11.5. The largest absolute Gasteiger partial charge is 0.377 e. The first-order valence-corrected chi connectivity index (χ1v) is 11.6. The van der Waals surface area contributed by atoms with E-state index in [2.05, 4.69) is 15.0 Å². The van der Waals surface area contributed by atoms with Crippen molar-refractivity contribution in [2.24, 2.45) is 0 Å². The van der Waals surface area contributed by atoms with Gasteiger partial charge in [0, 0.05) is 24.4 Å². The van der Waals surface area contributed by atoms with Crippen molar-refractivity contribution < 1.29 is 17.9 Å². The van der Waals surface area contributed by atoms with Gasteiger partial charge in [-0.15, -0.1) is 11.3 Å². The molecule has 1 aliphatic rings. The van der Waals surface area contributed by atoms with E-state index < -0.39 is 10.0 Å². The molecule has 0 radical (unpaired) electrons. The number of hydrogen-bond donors (Lipinski definition) is 2. The van der Waals surface area contributed by atoms with E-state index in [0.29, 0.717) is 12.3 Å². The lowest BCUT2D eigenvalue weighted by Crippen LogP contribution is -2.32. The Kier molecular flexibility index (Phi) is 5.64. The minimum Gasteiger partial charge on any atom is -0.377 e. The SMILES string of the molecule is Cc1nc2ccc(NC(=O)c3cccc(S(=O)(=O)NCC4CCCO4)c3)cc2s1. The molecule has 7 nitrogen and oxygen atoms in total. The fraction of sp³-hybridized carbons (Fsp3) is 0.300. The van der Waals surface area contributed by atoms with Crippen molar-refractivity contribution in [1.82, 2.24) is 9.71 Å². The van der Waals surface area contributed by atoms with Crippen molar-refractivity contribution in [2.45, 2.75) is 30.8 Å². The molecule has 1 fully saturated rings. The van der Waals surface area contributed by atoms with Gasteiger partial charge in [0.25, 0.3) is 5.91 Å². The number of carbonyl (C=O) groups is 1. The van der Waals surface area contributed by atoms with Crippen molar-refractivity contribution in [3.8, 4) is 0 Å². The van der Waals surface area contributed by atoms with Crippen LogP contribution in [0, 0.1) is 6.92 Å². The van der Waals surface area contributed by atoms with E-state index >= 15 is 0 Å². The average molecular weight is 432 g/mol. The van der Waals surface area contributed by atoms with Crippen LogP contribution in [0.1, 0.15) is 28.2 Å². The van der Waals surface area contributed by atoms with Gasteiger partial charge in [0.15, 0.2) is 0 Å². The zero-order valence-electron chi connectivity index (χ0n) is 15.8. The second kappa shape index (κ2) is 8.19. The molecule has 2 aromatic carbocycles. The second-order valence-corrected chi connectivity index (χ2v) is 9.89. The molecule has 29 heavy (non-hydrogen) atoms. The number of thiazole rings is 1. The standard InChI is InChI=1S/C20H21N3O4S2/c1-13-22-18-8-7-15(11-19(18)28-13)23-20(24)14-4-2-6-17(10-14)29(25,26)21-12-16-5-3-9-27-16/h2,4,6-8,10-11,16,21H,3,5,9,12H2,1H3,(H,23,24). The number of carbonyl (C=O) groups excluding carboxylic acids is 1. The van der Waals surface area contributed by atoms with Crippen LogP contribution in [0.15, 0.2) is 47.4 Å². The monoisotopic (exact) mass is 431 g/mol. The number of aromatic nitrogens is 1. The van der Waals surface area contributed by atoms with Gasteiger partial charge in [0.2, 0.25) is 10.0 Å². The molecule has 1 aliphatic heterocycles. The molecule has 0 aliphatic carbocycles. The second-order valence-electron chi connectivity index (χ2n) is 6.88. The maximum Gasteiger partial charge on any atom is 0.255 e. The number of aryl methyl sites for hydroxylation is 1. The van der Waals surface area contributed by atoms with Gasteiger partial charge in [0.1, 0.15) is 0 Å². The summed E-state index contributed by atoms with van der Waals surface area (Å²) in [5.74, 6) is -0.373. The van der Waals surface area contributed by atoms with Crippen LogP contribution < -0.4 is 10.0 Å². The van der Waals surface area contributed by atoms with Crippen LogP contribution in [0.2, 0.25) is 0 Å². The number of nitrogens with one attached hydrogen (secondary N) is 2. The fourth-order valence-corrected chi connectivity index (χ4v) is 5.19. The first-order chi connectivity index (χ1) is 13.9. The Labute approximate surface area is 173 Å². The lowest BCUT2D eigenvalue weighted by atomic mass is 10.2. The zero-order chi connectivity index (χ0) is 20.4. The van der Waals surface area contributed by atoms with Crippen molar-refractivity contribution >= 4 is 43.2 Å². The van der Waals surface area contributed by atoms with Gasteiger partial charge in [-0.05, 0) is 56.2 Å². The molecule has 1 unspecified atom stereocenters. The number of sulfonamides is 1. The zero-order valence-corrected chi connectivity index (χ0v) is 17.5. The fourth-order valence-electron chi connectivity index (χ4n) is 3.22. The molecule has 0 saturated carbocycles. The number of amides is 1. The lowest BCUT2D eigenvalue weighted by Gasteiger charge is -2.12. The first kappa shape index (κ1) is 20.0. The van der Waals surface area contributed by atoms with E-state index in [9.17, 15) is 13.2 Å².